The van der Waals surface area contributed by atoms with Gasteiger partial charge in [0.05, 0.1) is 10.8 Å². The second-order valence-corrected chi connectivity index (χ2v) is 18.1. The van der Waals surface area contributed by atoms with Crippen molar-refractivity contribution in [3.05, 3.63) is 64.7 Å². The normalized spacial score (nSPS) is 15.3. The summed E-state index contributed by atoms with van der Waals surface area (Å²) in [6.45, 7) is 24.7. The van der Waals surface area contributed by atoms with Gasteiger partial charge in [-0.1, -0.05) is 103 Å². The van der Waals surface area contributed by atoms with E-state index in [0.29, 0.717) is 0 Å². The van der Waals surface area contributed by atoms with Crippen molar-refractivity contribution in [2.24, 2.45) is 0 Å². The molecule has 2 aromatic carbocycles. The van der Waals surface area contributed by atoms with Crippen molar-refractivity contribution in [3.63, 3.8) is 0 Å². The molecule has 2 atom stereocenters. The Balaban J connectivity index is 2.85. The van der Waals surface area contributed by atoms with Crippen molar-refractivity contribution >= 4 is 24.2 Å². The molecule has 0 aliphatic heterocycles. The Labute approximate surface area is 201 Å². The van der Waals surface area contributed by atoms with E-state index in [1.807, 2.05) is 7.05 Å². The van der Waals surface area contributed by atoms with Gasteiger partial charge in [0, 0.05) is 7.05 Å². The average Bonchev–Trinajstić information content (AvgIpc) is 2.58. The molecule has 2 aromatic rings. The summed E-state index contributed by atoms with van der Waals surface area (Å²) in [6.07, 6.45) is 0. The highest BCUT2D eigenvalue weighted by Gasteiger charge is 2.39. The molecule has 0 aliphatic carbocycles. The van der Waals surface area contributed by atoms with E-state index in [1.165, 1.54) is 27.6 Å². The van der Waals surface area contributed by atoms with Crippen molar-refractivity contribution in [1.29, 1.82) is 0 Å². The lowest BCUT2D eigenvalue weighted by atomic mass is 9.95. The van der Waals surface area contributed by atoms with Gasteiger partial charge in [0.2, 0.25) is 0 Å². The van der Waals surface area contributed by atoms with Gasteiger partial charge < -0.3 is 0 Å². The number of hydrogen-bond donors (Lipinski definition) is 0. The Bertz CT molecular complexity index is 928. The summed E-state index contributed by atoms with van der Waals surface area (Å²) < 4.78 is 15.4. The van der Waals surface area contributed by atoms with Crippen LogP contribution in [-0.4, -0.2) is 30.6 Å². The molecule has 0 N–H and O–H groups in total. The van der Waals surface area contributed by atoms with Gasteiger partial charge in [-0.15, -0.1) is 0 Å². The summed E-state index contributed by atoms with van der Waals surface area (Å²) in [7, 11) is 0.381. The third-order valence-electron chi connectivity index (χ3n) is 5.52. The van der Waals surface area contributed by atoms with Crippen LogP contribution in [0.2, 0.25) is 0 Å². The first-order valence-corrected chi connectivity index (χ1v) is 14.0. The van der Waals surface area contributed by atoms with Crippen LogP contribution in [0.5, 0.6) is 0 Å². The molecule has 0 radical (unpaired) electrons. The number of nitrogens with zero attached hydrogens (tertiary/aromatic N) is 1. The molecule has 178 valence electrons. The van der Waals surface area contributed by atoms with Gasteiger partial charge in [-0.05, 0) is 61.4 Å². The van der Waals surface area contributed by atoms with Crippen LogP contribution in [0.1, 0.15) is 90.6 Å². The first-order chi connectivity index (χ1) is 14.4. The predicted octanol–water partition coefficient (Wildman–Crippen LogP) is 7.49. The van der Waals surface area contributed by atoms with E-state index in [4.69, 9.17) is 0 Å². The first kappa shape index (κ1) is 27.2. The van der Waals surface area contributed by atoms with Gasteiger partial charge in [0.1, 0.15) is 11.0 Å². The molecule has 0 amide bonds. The standard InChI is InChI=1S/C28H44NOPS/c1-20-17-21(2)19-22(18-20)25(29(12)32(30)28(9,10)11)23-15-13-14-16-24(23)31(26(3,4)5)27(6,7)8/h13-19,25H,1-12H3. The number of hydrogen-bond acceptors (Lipinski definition) is 1. The summed E-state index contributed by atoms with van der Waals surface area (Å²) in [6, 6.07) is 15.6. The van der Waals surface area contributed by atoms with Crippen LogP contribution in [0.15, 0.2) is 42.5 Å². The van der Waals surface area contributed by atoms with Gasteiger partial charge in [-0.25, -0.2) is 8.51 Å². The molecule has 4 heteroatoms. The minimum Gasteiger partial charge on any atom is -0.242 e. The molecule has 0 heterocycles. The first-order valence-electron chi connectivity index (χ1n) is 11.6. The van der Waals surface area contributed by atoms with Crippen LogP contribution >= 0.6 is 7.92 Å². The van der Waals surface area contributed by atoms with Gasteiger partial charge in [-0.3, -0.25) is 0 Å². The summed E-state index contributed by atoms with van der Waals surface area (Å²) in [5.41, 5.74) is 4.99. The van der Waals surface area contributed by atoms with E-state index >= 15 is 0 Å². The van der Waals surface area contributed by atoms with Gasteiger partial charge in [0.15, 0.2) is 0 Å². The lowest BCUT2D eigenvalue weighted by Crippen LogP contribution is -2.40. The Hall–Kier alpha value is -1.02. The van der Waals surface area contributed by atoms with Crippen LogP contribution in [-0.2, 0) is 11.0 Å². The van der Waals surface area contributed by atoms with E-state index in [2.05, 4.69) is 123 Å². The maximum Gasteiger partial charge on any atom is 0.100 e. The Morgan fingerprint density at radius 3 is 1.72 bits per heavy atom. The Kier molecular flexibility index (Phi) is 8.24. The van der Waals surface area contributed by atoms with Crippen LogP contribution < -0.4 is 5.30 Å². The van der Waals surface area contributed by atoms with Crippen molar-refractivity contribution in [3.8, 4) is 0 Å². The van der Waals surface area contributed by atoms with Crippen molar-refractivity contribution in [2.75, 3.05) is 7.05 Å². The minimum atomic E-state index is -1.15. The fourth-order valence-electron chi connectivity index (χ4n) is 4.93. The van der Waals surface area contributed by atoms with Crippen LogP contribution in [0, 0.1) is 13.8 Å². The van der Waals surface area contributed by atoms with Crippen LogP contribution in [0.25, 0.3) is 0 Å². The van der Waals surface area contributed by atoms with Gasteiger partial charge in [0.25, 0.3) is 0 Å². The van der Waals surface area contributed by atoms with Crippen molar-refractivity contribution in [1.82, 2.24) is 4.31 Å². The molecule has 2 unspecified atom stereocenters. The highest BCUT2D eigenvalue weighted by atomic mass is 32.2. The largest absolute Gasteiger partial charge is 0.242 e. The zero-order valence-electron chi connectivity index (χ0n) is 22.3. The molecule has 0 aliphatic rings. The van der Waals surface area contributed by atoms with Crippen molar-refractivity contribution in [2.45, 2.75) is 97.3 Å². The zero-order valence-corrected chi connectivity index (χ0v) is 24.0. The Morgan fingerprint density at radius 2 is 1.28 bits per heavy atom. The zero-order chi connectivity index (χ0) is 24.6. The lowest BCUT2D eigenvalue weighted by Gasteiger charge is -2.44. The van der Waals surface area contributed by atoms with Gasteiger partial charge >= 0.3 is 0 Å². The average molecular weight is 474 g/mol. The SMILES string of the molecule is Cc1cc(C)cc(C(c2ccccc2P(C(C)(C)C)C(C)(C)C)N(C)S(=O)C(C)(C)C)c1. The number of rotatable bonds is 5. The summed E-state index contributed by atoms with van der Waals surface area (Å²) in [5, 5.41) is 1.72. The highest BCUT2D eigenvalue weighted by molar-refractivity contribution is 7.84. The van der Waals surface area contributed by atoms with E-state index in [9.17, 15) is 4.21 Å². The topological polar surface area (TPSA) is 20.3 Å². The fourth-order valence-corrected chi connectivity index (χ4v) is 10.4. The smallest absolute Gasteiger partial charge is 0.100 e. The number of benzene rings is 2. The monoisotopic (exact) mass is 473 g/mol. The molecule has 0 aromatic heterocycles. The molecule has 0 saturated heterocycles. The summed E-state index contributed by atoms with van der Waals surface area (Å²) in [4.78, 5) is 0. The second-order valence-electron chi connectivity index (χ2n) is 12.0. The van der Waals surface area contributed by atoms with E-state index < -0.39 is 18.9 Å². The van der Waals surface area contributed by atoms with E-state index in [1.54, 1.807) is 0 Å². The van der Waals surface area contributed by atoms with E-state index in [0.717, 1.165) is 0 Å². The molecule has 2 nitrogen and oxygen atoms in total. The molecule has 0 bridgehead atoms. The lowest BCUT2D eigenvalue weighted by molar-refractivity contribution is 0.441. The van der Waals surface area contributed by atoms with Crippen LogP contribution in [0.3, 0.4) is 0 Å². The summed E-state index contributed by atoms with van der Waals surface area (Å²) in [5.74, 6) is 0. The molecule has 0 fully saturated rings. The van der Waals surface area contributed by atoms with Crippen molar-refractivity contribution < 1.29 is 4.21 Å². The molecular formula is C28H44NOPS. The number of aryl methyl sites for hydroxylation is 2. The van der Waals surface area contributed by atoms with Crippen LogP contribution in [0.4, 0.5) is 0 Å². The maximum absolute atomic E-state index is 13.6. The highest BCUT2D eigenvalue weighted by Crippen LogP contribution is 2.59. The van der Waals surface area contributed by atoms with E-state index in [-0.39, 0.29) is 21.1 Å². The third-order valence-corrected chi connectivity index (χ3v) is 10.9. The quantitative estimate of drug-likeness (QED) is 0.412. The predicted molar refractivity (Wildman–Crippen MR) is 146 cm³/mol. The maximum atomic E-state index is 13.6. The Morgan fingerprint density at radius 1 is 0.812 bits per heavy atom. The third kappa shape index (κ3) is 6.31. The molecule has 32 heavy (non-hydrogen) atoms. The second kappa shape index (κ2) is 9.69. The molecule has 0 spiro atoms. The molecular weight excluding hydrogens is 429 g/mol. The van der Waals surface area contributed by atoms with Gasteiger partial charge in [-0.2, -0.15) is 0 Å². The fraction of sp³-hybridized carbons (Fsp3) is 0.571. The minimum absolute atomic E-state index is 0.0699. The molecule has 2 rings (SSSR count). The summed E-state index contributed by atoms with van der Waals surface area (Å²) >= 11 is 0. The molecule has 0 saturated carbocycles.